The van der Waals surface area contributed by atoms with Crippen molar-refractivity contribution in [2.24, 2.45) is 0 Å². The minimum absolute atomic E-state index is 0.0891. The molecule has 2 aromatic rings. The molecule has 1 nitrogen and oxygen atoms in total. The van der Waals surface area contributed by atoms with Crippen molar-refractivity contribution in [3.8, 4) is 0 Å². The van der Waals surface area contributed by atoms with E-state index in [0.717, 1.165) is 30.0 Å². The van der Waals surface area contributed by atoms with Gasteiger partial charge >= 0.3 is 0 Å². The van der Waals surface area contributed by atoms with E-state index in [0.29, 0.717) is 21.8 Å². The molecule has 0 fully saturated rings. The molecule has 2 aromatic carbocycles. The topological polar surface area (TPSA) is 17.1 Å². The van der Waals surface area contributed by atoms with Gasteiger partial charge in [-0.3, -0.25) is 4.79 Å². The van der Waals surface area contributed by atoms with Crippen LogP contribution in [0.1, 0.15) is 10.4 Å². The molecule has 0 aliphatic rings. The van der Waals surface area contributed by atoms with E-state index in [-0.39, 0.29) is 4.90 Å². The van der Waals surface area contributed by atoms with Gasteiger partial charge in [0.25, 0.3) is 0 Å². The summed E-state index contributed by atoms with van der Waals surface area (Å²) in [4.78, 5) is 11.4. The van der Waals surface area contributed by atoms with Crippen LogP contribution in [-0.2, 0) is 0 Å². The van der Waals surface area contributed by atoms with Crippen LogP contribution in [0.4, 0.5) is 8.78 Å². The molecule has 0 unspecified atom stereocenters. The quantitative estimate of drug-likeness (QED) is 0.767. The lowest BCUT2D eigenvalue weighted by atomic mass is 10.2. The second kappa shape index (κ2) is 5.50. The molecule has 0 aliphatic carbocycles. The van der Waals surface area contributed by atoms with E-state index in [1.807, 2.05) is 0 Å². The molecule has 0 N–H and O–H groups in total. The molecule has 5 heteroatoms. The van der Waals surface area contributed by atoms with Gasteiger partial charge in [0.15, 0.2) is 6.29 Å². The summed E-state index contributed by atoms with van der Waals surface area (Å²) in [6, 6.07) is 7.92. The lowest BCUT2D eigenvalue weighted by Gasteiger charge is -2.07. The molecule has 0 spiro atoms. The summed E-state index contributed by atoms with van der Waals surface area (Å²) in [6.07, 6.45) is 0.630. The van der Waals surface area contributed by atoms with Crippen molar-refractivity contribution >= 4 is 29.6 Å². The molecule has 18 heavy (non-hydrogen) atoms. The van der Waals surface area contributed by atoms with Crippen molar-refractivity contribution in [1.82, 2.24) is 0 Å². The first-order valence-electron chi connectivity index (χ1n) is 4.98. The van der Waals surface area contributed by atoms with Gasteiger partial charge in [-0.25, -0.2) is 8.78 Å². The van der Waals surface area contributed by atoms with Crippen LogP contribution in [0.5, 0.6) is 0 Å². The minimum atomic E-state index is -0.557. The third kappa shape index (κ3) is 2.71. The third-order valence-corrected chi connectivity index (χ3v) is 3.85. The fourth-order valence-corrected chi connectivity index (χ4v) is 2.65. The van der Waals surface area contributed by atoms with Gasteiger partial charge in [0.05, 0.1) is 9.92 Å². The number of carbonyl (C=O) groups is 1. The summed E-state index contributed by atoms with van der Waals surface area (Å²) in [7, 11) is 0. The number of hydrogen-bond donors (Lipinski definition) is 0. The Kier molecular flexibility index (Phi) is 3.99. The number of benzene rings is 2. The Morgan fingerprint density at radius 3 is 2.67 bits per heavy atom. The lowest BCUT2D eigenvalue weighted by Crippen LogP contribution is -1.89. The van der Waals surface area contributed by atoms with Crippen LogP contribution in [0.25, 0.3) is 0 Å². The molecule has 0 heterocycles. The number of rotatable bonds is 3. The molecule has 0 saturated heterocycles. The Bertz CT molecular complexity index is 602. The van der Waals surface area contributed by atoms with Gasteiger partial charge in [-0.2, -0.15) is 0 Å². The number of hydrogen-bond acceptors (Lipinski definition) is 2. The van der Waals surface area contributed by atoms with Gasteiger partial charge in [0.1, 0.15) is 11.6 Å². The normalized spacial score (nSPS) is 10.4. The van der Waals surface area contributed by atoms with E-state index in [2.05, 4.69) is 0 Å². The van der Waals surface area contributed by atoms with Gasteiger partial charge in [0.2, 0.25) is 0 Å². The van der Waals surface area contributed by atoms with Gasteiger partial charge in [-0.05, 0) is 24.3 Å². The highest BCUT2D eigenvalue weighted by Crippen LogP contribution is 2.36. The van der Waals surface area contributed by atoms with Crippen LogP contribution in [0.2, 0.25) is 5.02 Å². The molecule has 0 aromatic heterocycles. The average molecular weight is 285 g/mol. The summed E-state index contributed by atoms with van der Waals surface area (Å²) in [6.45, 7) is 0. The molecular formula is C13H7ClF2OS. The van der Waals surface area contributed by atoms with E-state index < -0.39 is 11.6 Å². The van der Waals surface area contributed by atoms with E-state index in [1.165, 1.54) is 0 Å². The standard InChI is InChI=1S/C13H7ClF2OS/c14-10-3-1-2-8(7-17)13(10)18-12-6-9(15)4-5-11(12)16/h1-7H. The zero-order valence-electron chi connectivity index (χ0n) is 8.99. The minimum Gasteiger partial charge on any atom is -0.298 e. The lowest BCUT2D eigenvalue weighted by molar-refractivity contribution is 0.112. The summed E-state index contributed by atoms with van der Waals surface area (Å²) < 4.78 is 26.6. The zero-order valence-corrected chi connectivity index (χ0v) is 10.6. The molecule has 0 atom stereocenters. The van der Waals surface area contributed by atoms with Crippen LogP contribution in [0.15, 0.2) is 46.2 Å². The second-order valence-corrected chi connectivity index (χ2v) is 4.91. The Hall–Kier alpha value is -1.39. The van der Waals surface area contributed by atoms with Gasteiger partial charge in [-0.1, -0.05) is 35.5 Å². The highest BCUT2D eigenvalue weighted by molar-refractivity contribution is 7.99. The Balaban J connectivity index is 2.45. The highest BCUT2D eigenvalue weighted by atomic mass is 35.5. The van der Waals surface area contributed by atoms with E-state index in [1.54, 1.807) is 18.2 Å². The molecule has 0 amide bonds. The second-order valence-electron chi connectivity index (χ2n) is 3.45. The monoisotopic (exact) mass is 284 g/mol. The fraction of sp³-hybridized carbons (Fsp3) is 0. The summed E-state index contributed by atoms with van der Waals surface area (Å²) in [5.74, 6) is -1.10. The van der Waals surface area contributed by atoms with Crippen LogP contribution in [0, 0.1) is 11.6 Å². The SMILES string of the molecule is O=Cc1cccc(Cl)c1Sc1cc(F)ccc1F. The number of halogens is 3. The van der Waals surface area contributed by atoms with E-state index in [9.17, 15) is 13.6 Å². The fourth-order valence-electron chi connectivity index (χ4n) is 1.39. The van der Waals surface area contributed by atoms with Crippen LogP contribution >= 0.6 is 23.4 Å². The molecule has 2 rings (SSSR count). The maximum absolute atomic E-state index is 13.5. The largest absolute Gasteiger partial charge is 0.298 e. The van der Waals surface area contributed by atoms with Crippen molar-refractivity contribution in [2.75, 3.05) is 0 Å². The molecule has 0 aliphatic heterocycles. The summed E-state index contributed by atoms with van der Waals surface area (Å²) >= 11 is 6.88. The maximum atomic E-state index is 13.5. The van der Waals surface area contributed by atoms with Crippen LogP contribution in [-0.4, -0.2) is 6.29 Å². The summed E-state index contributed by atoms with van der Waals surface area (Å²) in [5, 5.41) is 0.327. The van der Waals surface area contributed by atoms with Gasteiger partial charge < -0.3 is 0 Å². The van der Waals surface area contributed by atoms with Gasteiger partial charge in [0, 0.05) is 10.5 Å². The predicted octanol–water partition coefficient (Wildman–Crippen LogP) is 4.58. The highest BCUT2D eigenvalue weighted by Gasteiger charge is 2.12. The summed E-state index contributed by atoms with van der Waals surface area (Å²) in [5.41, 5.74) is 0.344. The number of carbonyl (C=O) groups excluding carboxylic acids is 1. The molecule has 0 radical (unpaired) electrons. The first-order valence-corrected chi connectivity index (χ1v) is 6.18. The van der Waals surface area contributed by atoms with Crippen molar-refractivity contribution in [3.63, 3.8) is 0 Å². The Labute approximate surface area is 112 Å². The average Bonchev–Trinajstić information content (AvgIpc) is 2.36. The molecular weight excluding hydrogens is 278 g/mol. The van der Waals surface area contributed by atoms with Crippen molar-refractivity contribution < 1.29 is 13.6 Å². The van der Waals surface area contributed by atoms with Crippen molar-refractivity contribution in [1.29, 1.82) is 0 Å². The van der Waals surface area contributed by atoms with E-state index in [4.69, 9.17) is 11.6 Å². The van der Waals surface area contributed by atoms with Crippen LogP contribution in [0.3, 0.4) is 0 Å². The van der Waals surface area contributed by atoms with Crippen LogP contribution < -0.4 is 0 Å². The first-order chi connectivity index (χ1) is 8.61. The van der Waals surface area contributed by atoms with Crippen molar-refractivity contribution in [2.45, 2.75) is 9.79 Å². The molecule has 0 bridgehead atoms. The predicted molar refractivity (Wildman–Crippen MR) is 67.3 cm³/mol. The van der Waals surface area contributed by atoms with Gasteiger partial charge in [-0.15, -0.1) is 0 Å². The smallest absolute Gasteiger partial charge is 0.151 e. The Morgan fingerprint density at radius 2 is 1.94 bits per heavy atom. The zero-order chi connectivity index (χ0) is 13.1. The first kappa shape index (κ1) is 13.1. The maximum Gasteiger partial charge on any atom is 0.151 e. The molecule has 92 valence electrons. The Morgan fingerprint density at radius 1 is 1.17 bits per heavy atom. The molecule has 0 saturated carbocycles. The number of aldehydes is 1. The van der Waals surface area contributed by atoms with Crippen molar-refractivity contribution in [3.05, 3.63) is 58.6 Å². The third-order valence-electron chi connectivity index (χ3n) is 2.23. The van der Waals surface area contributed by atoms with E-state index >= 15 is 0 Å².